The monoisotopic (exact) mass is 310 g/mol. The Morgan fingerprint density at radius 3 is 2.65 bits per heavy atom. The van der Waals surface area contributed by atoms with Gasteiger partial charge in [-0.1, -0.05) is 18.2 Å². The van der Waals surface area contributed by atoms with Gasteiger partial charge in [-0.3, -0.25) is 15.8 Å². The summed E-state index contributed by atoms with van der Waals surface area (Å²) in [6, 6.07) is 12.9. The van der Waals surface area contributed by atoms with E-state index < -0.39 is 5.69 Å². The molecule has 0 unspecified atom stereocenters. The summed E-state index contributed by atoms with van der Waals surface area (Å²) in [7, 11) is 1.52. The summed E-state index contributed by atoms with van der Waals surface area (Å²) >= 11 is 0. The Morgan fingerprint density at radius 2 is 1.87 bits per heavy atom. The first kappa shape index (κ1) is 14.5. The molecule has 0 atom stereocenters. The number of anilines is 2. The summed E-state index contributed by atoms with van der Waals surface area (Å²) in [5, 5.41) is 0. The molecule has 8 nitrogen and oxygen atoms in total. The highest BCUT2D eigenvalue weighted by Crippen LogP contribution is 2.23. The number of hydrogen-bond donors (Lipinski definition) is 3. The third-order valence-corrected chi connectivity index (χ3v) is 2.96. The van der Waals surface area contributed by atoms with Crippen LogP contribution in [-0.4, -0.2) is 27.0 Å². The summed E-state index contributed by atoms with van der Waals surface area (Å²) in [5.74, 6) is 0.893. The number of ether oxygens (including phenoxy) is 1. The number of H-pyrrole nitrogens is 1. The molecule has 0 aliphatic carbocycles. The molecule has 0 fully saturated rings. The Morgan fingerprint density at radius 1 is 1.04 bits per heavy atom. The first-order valence-electron chi connectivity index (χ1n) is 6.81. The smallest absolute Gasteiger partial charge is 0.349 e. The van der Waals surface area contributed by atoms with Gasteiger partial charge in [0.1, 0.15) is 11.4 Å². The normalized spacial score (nSPS) is 10.1. The number of aromatic amines is 1. The number of hydrogen-bond acceptors (Lipinski definition) is 7. The van der Waals surface area contributed by atoms with Gasteiger partial charge in [-0.25, -0.2) is 9.78 Å². The molecule has 0 aliphatic rings. The van der Waals surface area contributed by atoms with E-state index in [0.717, 1.165) is 5.69 Å². The number of pyridine rings is 1. The van der Waals surface area contributed by atoms with Crippen LogP contribution in [0.5, 0.6) is 5.75 Å². The lowest BCUT2D eigenvalue weighted by molar-refractivity contribution is 0.414. The number of para-hydroxylation sites is 1. The van der Waals surface area contributed by atoms with Crippen molar-refractivity contribution in [1.29, 1.82) is 0 Å². The molecule has 23 heavy (non-hydrogen) atoms. The molecule has 0 amide bonds. The molecule has 8 heteroatoms. The van der Waals surface area contributed by atoms with Crippen molar-refractivity contribution in [3.8, 4) is 17.3 Å². The Kier molecular flexibility index (Phi) is 4.14. The number of methoxy groups -OCH3 is 1. The lowest BCUT2D eigenvalue weighted by atomic mass is 10.3. The van der Waals surface area contributed by atoms with E-state index in [1.54, 1.807) is 18.3 Å². The van der Waals surface area contributed by atoms with E-state index in [-0.39, 0.29) is 11.8 Å². The molecule has 2 heterocycles. The van der Waals surface area contributed by atoms with Gasteiger partial charge in [0, 0.05) is 6.20 Å². The van der Waals surface area contributed by atoms with Crippen molar-refractivity contribution < 1.29 is 4.74 Å². The van der Waals surface area contributed by atoms with Crippen molar-refractivity contribution in [2.75, 3.05) is 18.0 Å². The molecular weight excluding hydrogens is 296 g/mol. The van der Waals surface area contributed by atoms with Crippen molar-refractivity contribution >= 4 is 11.6 Å². The standard InChI is InChI=1S/C15H14N6O2/c1-23-11-8-5-9-16-12(11)13-17-14(19-15(22)18-13)21-20-10-6-3-2-4-7-10/h2-9,20H,1H3,(H2,17,18,19,21,22). The second-order valence-electron chi connectivity index (χ2n) is 4.50. The van der Waals surface area contributed by atoms with Crippen LogP contribution in [0.1, 0.15) is 0 Å². The molecule has 3 N–H and O–H groups in total. The molecule has 0 saturated heterocycles. The van der Waals surface area contributed by atoms with Gasteiger partial charge in [0.25, 0.3) is 0 Å². The van der Waals surface area contributed by atoms with Crippen LogP contribution in [0.15, 0.2) is 53.5 Å². The Bertz CT molecular complexity index is 850. The summed E-state index contributed by atoms with van der Waals surface area (Å²) < 4.78 is 5.23. The maximum Gasteiger partial charge on any atom is 0.349 e. The van der Waals surface area contributed by atoms with E-state index in [4.69, 9.17) is 4.74 Å². The minimum atomic E-state index is -0.542. The van der Waals surface area contributed by atoms with E-state index in [9.17, 15) is 4.79 Å². The zero-order valence-electron chi connectivity index (χ0n) is 12.3. The molecule has 0 spiro atoms. The number of benzene rings is 1. The summed E-state index contributed by atoms with van der Waals surface area (Å²) in [6.07, 6.45) is 1.59. The predicted molar refractivity (Wildman–Crippen MR) is 86.1 cm³/mol. The Labute approximate surface area is 131 Å². The summed E-state index contributed by atoms with van der Waals surface area (Å²) in [6.45, 7) is 0. The number of aromatic nitrogens is 4. The highest BCUT2D eigenvalue weighted by molar-refractivity contribution is 5.59. The minimum Gasteiger partial charge on any atom is -0.494 e. The highest BCUT2D eigenvalue weighted by Gasteiger charge is 2.11. The van der Waals surface area contributed by atoms with E-state index >= 15 is 0 Å². The van der Waals surface area contributed by atoms with Gasteiger partial charge in [0.15, 0.2) is 5.82 Å². The first-order valence-corrected chi connectivity index (χ1v) is 6.81. The molecular formula is C15H14N6O2. The number of rotatable bonds is 5. The lowest BCUT2D eigenvalue weighted by Gasteiger charge is -2.09. The third-order valence-electron chi connectivity index (χ3n) is 2.96. The van der Waals surface area contributed by atoms with E-state index in [0.29, 0.717) is 11.4 Å². The van der Waals surface area contributed by atoms with Gasteiger partial charge in [-0.05, 0) is 24.3 Å². The second kappa shape index (κ2) is 6.56. The van der Waals surface area contributed by atoms with Crippen molar-refractivity contribution in [2.24, 2.45) is 0 Å². The Balaban J connectivity index is 1.89. The van der Waals surface area contributed by atoms with Gasteiger partial charge in [-0.2, -0.15) is 9.97 Å². The van der Waals surface area contributed by atoms with E-state index in [1.807, 2.05) is 30.3 Å². The maximum atomic E-state index is 11.8. The van der Waals surface area contributed by atoms with Crippen LogP contribution < -0.4 is 21.3 Å². The van der Waals surface area contributed by atoms with Crippen LogP contribution >= 0.6 is 0 Å². The fraction of sp³-hybridized carbons (Fsp3) is 0.0667. The fourth-order valence-electron chi connectivity index (χ4n) is 1.93. The van der Waals surface area contributed by atoms with E-state index in [1.165, 1.54) is 7.11 Å². The van der Waals surface area contributed by atoms with Crippen LogP contribution in [0.2, 0.25) is 0 Å². The summed E-state index contributed by atoms with van der Waals surface area (Å²) in [4.78, 5) is 26.5. The molecule has 0 saturated carbocycles. The molecule has 116 valence electrons. The molecule has 1 aromatic carbocycles. The topological polar surface area (TPSA) is 105 Å². The molecule has 0 bridgehead atoms. The highest BCUT2D eigenvalue weighted by atomic mass is 16.5. The van der Waals surface area contributed by atoms with Crippen LogP contribution in [0.4, 0.5) is 11.6 Å². The van der Waals surface area contributed by atoms with Crippen LogP contribution in [0.3, 0.4) is 0 Å². The third kappa shape index (κ3) is 3.43. The minimum absolute atomic E-state index is 0.125. The van der Waals surface area contributed by atoms with Gasteiger partial charge in [0.05, 0.1) is 12.8 Å². The average molecular weight is 310 g/mol. The SMILES string of the molecule is COc1cccnc1-c1nc(NNc2ccccc2)nc(=O)[nH]1. The van der Waals surface area contributed by atoms with Gasteiger partial charge >= 0.3 is 5.69 Å². The zero-order chi connectivity index (χ0) is 16.1. The van der Waals surface area contributed by atoms with Crippen molar-refractivity contribution in [1.82, 2.24) is 19.9 Å². The maximum absolute atomic E-state index is 11.8. The lowest BCUT2D eigenvalue weighted by Crippen LogP contribution is -2.20. The summed E-state index contributed by atoms with van der Waals surface area (Å²) in [5.41, 5.74) is 6.40. The van der Waals surface area contributed by atoms with Crippen molar-refractivity contribution in [3.05, 3.63) is 59.1 Å². The fourth-order valence-corrected chi connectivity index (χ4v) is 1.93. The molecule has 3 aromatic rings. The average Bonchev–Trinajstić information content (AvgIpc) is 2.60. The number of nitrogens with one attached hydrogen (secondary N) is 3. The quantitative estimate of drug-likeness (QED) is 0.616. The largest absolute Gasteiger partial charge is 0.494 e. The number of nitrogens with zero attached hydrogens (tertiary/aromatic N) is 3. The van der Waals surface area contributed by atoms with Gasteiger partial charge in [-0.15, -0.1) is 0 Å². The predicted octanol–water partition coefficient (Wildman–Crippen LogP) is 1.67. The molecule has 3 rings (SSSR count). The number of hydrazine groups is 1. The van der Waals surface area contributed by atoms with Gasteiger partial charge in [0.2, 0.25) is 5.95 Å². The molecule has 0 aliphatic heterocycles. The van der Waals surface area contributed by atoms with Gasteiger partial charge < -0.3 is 4.74 Å². The zero-order valence-corrected chi connectivity index (χ0v) is 12.3. The Hall–Kier alpha value is -3.42. The molecule has 2 aromatic heterocycles. The van der Waals surface area contributed by atoms with Crippen molar-refractivity contribution in [3.63, 3.8) is 0 Å². The van der Waals surface area contributed by atoms with Crippen LogP contribution in [-0.2, 0) is 0 Å². The van der Waals surface area contributed by atoms with E-state index in [2.05, 4.69) is 30.8 Å². The molecule has 0 radical (unpaired) electrons. The van der Waals surface area contributed by atoms with Crippen LogP contribution in [0, 0.1) is 0 Å². The van der Waals surface area contributed by atoms with Crippen molar-refractivity contribution in [2.45, 2.75) is 0 Å². The first-order chi connectivity index (χ1) is 11.3. The van der Waals surface area contributed by atoms with Crippen LogP contribution in [0.25, 0.3) is 11.5 Å². The second-order valence-corrected chi connectivity index (χ2v) is 4.50.